The molecule has 0 radical (unpaired) electrons. The molecule has 2 N–H and O–H groups in total. The number of hydrogen-bond acceptors (Lipinski definition) is 5. The van der Waals surface area contributed by atoms with E-state index < -0.39 is 5.82 Å². The zero-order chi connectivity index (χ0) is 20.4. The third-order valence-electron chi connectivity index (χ3n) is 5.09. The Morgan fingerprint density at radius 3 is 2.87 bits per heavy atom. The molecule has 7 nitrogen and oxygen atoms in total. The first-order chi connectivity index (χ1) is 14.0. The van der Waals surface area contributed by atoms with Crippen molar-refractivity contribution in [1.29, 1.82) is 0 Å². The van der Waals surface area contributed by atoms with Gasteiger partial charge in [-0.3, -0.25) is 9.59 Å². The number of benzene rings is 1. The first-order valence-electron chi connectivity index (χ1n) is 9.35. The van der Waals surface area contributed by atoms with Crippen LogP contribution in [-0.2, 0) is 16.1 Å². The number of carbonyl (C=O) groups is 1. The van der Waals surface area contributed by atoms with Crippen LogP contribution in [0.1, 0.15) is 23.7 Å². The largest absolute Gasteiger partial charge is 0.372 e. The molecule has 2 aliphatic rings. The van der Waals surface area contributed by atoms with E-state index in [1.165, 1.54) is 12.1 Å². The zero-order valence-corrected chi connectivity index (χ0v) is 17.5. The average molecular weight is 455 g/mol. The average Bonchev–Trinajstić information content (AvgIpc) is 3.00. The van der Waals surface area contributed by atoms with Gasteiger partial charge in [0.1, 0.15) is 5.82 Å². The fourth-order valence-corrected chi connectivity index (χ4v) is 3.79. The Morgan fingerprint density at radius 1 is 1.30 bits per heavy atom. The number of aromatic nitrogens is 1. The molecule has 0 unspecified atom stereocenters. The summed E-state index contributed by atoms with van der Waals surface area (Å²) >= 11 is 5.81. The second-order valence-corrected chi connectivity index (χ2v) is 7.49. The maximum Gasteiger partial charge on any atom is 0.259 e. The molecular formula is C20H21Cl2FN4O3. The molecule has 4 rings (SSSR count). The van der Waals surface area contributed by atoms with E-state index in [4.69, 9.17) is 16.3 Å². The summed E-state index contributed by atoms with van der Waals surface area (Å²) in [5, 5.41) is 7.30. The molecule has 160 valence electrons. The third-order valence-corrected chi connectivity index (χ3v) is 5.40. The maximum absolute atomic E-state index is 14.0. The van der Waals surface area contributed by atoms with Crippen molar-refractivity contribution >= 4 is 35.6 Å². The highest BCUT2D eigenvalue weighted by atomic mass is 35.5. The van der Waals surface area contributed by atoms with Crippen molar-refractivity contribution in [1.82, 2.24) is 15.3 Å². The molecule has 1 fully saturated rings. The normalized spacial score (nSPS) is 21.4. The van der Waals surface area contributed by atoms with Crippen LogP contribution in [0.4, 0.5) is 4.39 Å². The van der Waals surface area contributed by atoms with Crippen LogP contribution in [0.2, 0.25) is 5.02 Å². The van der Waals surface area contributed by atoms with Crippen LogP contribution in [-0.4, -0.2) is 35.9 Å². The highest BCUT2D eigenvalue weighted by Gasteiger charge is 2.28. The number of hydrogen-bond donors (Lipinski definition) is 2. The fraction of sp³-hybridized carbons (Fsp3) is 0.350. The molecule has 0 bridgehead atoms. The molecule has 1 saturated heterocycles. The van der Waals surface area contributed by atoms with E-state index >= 15 is 0 Å². The Kier molecular flexibility index (Phi) is 7.25. The molecular weight excluding hydrogens is 434 g/mol. The Hall–Kier alpha value is -2.26. The highest BCUT2D eigenvalue weighted by molar-refractivity contribution is 6.30. The molecule has 30 heavy (non-hydrogen) atoms. The van der Waals surface area contributed by atoms with Gasteiger partial charge in [0.15, 0.2) is 0 Å². The van der Waals surface area contributed by atoms with Crippen LogP contribution in [0.5, 0.6) is 0 Å². The van der Waals surface area contributed by atoms with Crippen LogP contribution in [0.15, 0.2) is 46.4 Å². The van der Waals surface area contributed by atoms with Crippen molar-refractivity contribution in [3.05, 3.63) is 68.8 Å². The minimum atomic E-state index is -0.501. The molecule has 2 atom stereocenters. The van der Waals surface area contributed by atoms with Gasteiger partial charge >= 0.3 is 0 Å². The topological polar surface area (TPSA) is 84.7 Å². The third kappa shape index (κ3) is 4.73. The number of amides is 1. The van der Waals surface area contributed by atoms with E-state index in [2.05, 4.69) is 15.8 Å². The van der Waals surface area contributed by atoms with Crippen molar-refractivity contribution in [2.45, 2.75) is 19.1 Å². The standard InChI is InChI=1S/C20H20ClFN4O3.ClH/c21-15-4-3-12(8-16(15)22)19-13(10-23-5-7-29-19)11-26-6-1-2-14(20(26)28)17-9-18(27)25-24-17;/h1-4,6,8,13,19,23H,5,7,9-11H2,(H,25,27);1H/t13-,19-;/m0./s1. The van der Waals surface area contributed by atoms with Crippen molar-refractivity contribution in [3.63, 3.8) is 0 Å². The summed E-state index contributed by atoms with van der Waals surface area (Å²) in [5.74, 6) is -0.850. The van der Waals surface area contributed by atoms with Gasteiger partial charge in [-0.05, 0) is 29.8 Å². The first kappa shape index (κ1) is 22.4. The Labute approximate surface area is 183 Å². The van der Waals surface area contributed by atoms with Crippen LogP contribution in [0.3, 0.4) is 0 Å². The van der Waals surface area contributed by atoms with E-state index in [0.29, 0.717) is 43.1 Å². The minimum absolute atomic E-state index is 0. The summed E-state index contributed by atoms with van der Waals surface area (Å²) < 4.78 is 21.6. The van der Waals surface area contributed by atoms with E-state index in [-0.39, 0.29) is 47.3 Å². The number of nitrogens with one attached hydrogen (secondary N) is 2. The van der Waals surface area contributed by atoms with E-state index in [0.717, 1.165) is 0 Å². The summed E-state index contributed by atoms with van der Waals surface area (Å²) in [4.78, 5) is 24.4. The van der Waals surface area contributed by atoms with E-state index in [1.54, 1.807) is 29.0 Å². The fourth-order valence-electron chi connectivity index (χ4n) is 3.68. The smallest absolute Gasteiger partial charge is 0.259 e. The van der Waals surface area contributed by atoms with Crippen LogP contribution >= 0.6 is 24.0 Å². The predicted molar refractivity (Wildman–Crippen MR) is 114 cm³/mol. The van der Waals surface area contributed by atoms with E-state index in [9.17, 15) is 14.0 Å². The Balaban J connectivity index is 0.00000256. The number of halogens is 3. The van der Waals surface area contributed by atoms with Crippen LogP contribution in [0, 0.1) is 11.7 Å². The molecule has 2 aromatic rings. The monoisotopic (exact) mass is 454 g/mol. The van der Waals surface area contributed by atoms with Crippen LogP contribution < -0.4 is 16.3 Å². The Bertz CT molecular complexity index is 1030. The highest BCUT2D eigenvalue weighted by Crippen LogP contribution is 2.30. The maximum atomic E-state index is 14.0. The number of pyridine rings is 1. The SMILES string of the molecule is Cl.O=C1CC(c2cccn(C[C@@H]3CNCCO[C@H]3c3ccc(Cl)c(F)c3)c2=O)=NN1. The number of carbonyl (C=O) groups excluding carboxylic acids is 1. The minimum Gasteiger partial charge on any atom is -0.372 e. The van der Waals surface area contributed by atoms with Crippen molar-refractivity contribution in [2.75, 3.05) is 19.7 Å². The van der Waals surface area contributed by atoms with Gasteiger partial charge in [0.25, 0.3) is 5.56 Å². The van der Waals surface area contributed by atoms with Gasteiger partial charge in [-0.2, -0.15) is 5.10 Å². The Morgan fingerprint density at radius 2 is 2.13 bits per heavy atom. The lowest BCUT2D eigenvalue weighted by molar-refractivity contribution is -0.119. The number of nitrogens with zero attached hydrogens (tertiary/aromatic N) is 2. The molecule has 0 aliphatic carbocycles. The lowest BCUT2D eigenvalue weighted by Crippen LogP contribution is -2.34. The van der Waals surface area contributed by atoms with Crippen molar-refractivity contribution < 1.29 is 13.9 Å². The lowest BCUT2D eigenvalue weighted by Gasteiger charge is -2.26. The van der Waals surface area contributed by atoms with Gasteiger partial charge in [0, 0.05) is 31.7 Å². The predicted octanol–water partition coefficient (Wildman–Crippen LogP) is 2.26. The van der Waals surface area contributed by atoms with Crippen molar-refractivity contribution in [2.24, 2.45) is 11.0 Å². The van der Waals surface area contributed by atoms with Crippen LogP contribution in [0.25, 0.3) is 0 Å². The molecule has 1 aromatic carbocycles. The first-order valence-corrected chi connectivity index (χ1v) is 9.73. The molecule has 0 saturated carbocycles. The zero-order valence-electron chi connectivity index (χ0n) is 15.9. The van der Waals surface area contributed by atoms with E-state index in [1.807, 2.05) is 0 Å². The molecule has 3 heterocycles. The molecule has 2 aliphatic heterocycles. The van der Waals surface area contributed by atoms with Gasteiger partial charge in [-0.15, -0.1) is 12.4 Å². The van der Waals surface area contributed by atoms with Gasteiger partial charge in [-0.1, -0.05) is 17.7 Å². The number of ether oxygens (including phenoxy) is 1. The summed E-state index contributed by atoms with van der Waals surface area (Å²) in [6.07, 6.45) is 1.39. The molecule has 1 amide bonds. The van der Waals surface area contributed by atoms with Crippen molar-refractivity contribution in [3.8, 4) is 0 Å². The summed E-state index contributed by atoms with van der Waals surface area (Å²) in [7, 11) is 0. The second-order valence-electron chi connectivity index (χ2n) is 7.08. The van der Waals surface area contributed by atoms with Gasteiger partial charge in [-0.25, -0.2) is 9.82 Å². The van der Waals surface area contributed by atoms with Gasteiger partial charge < -0.3 is 14.6 Å². The number of rotatable bonds is 4. The quantitative estimate of drug-likeness (QED) is 0.741. The lowest BCUT2D eigenvalue weighted by atomic mass is 9.95. The van der Waals surface area contributed by atoms with Gasteiger partial charge in [0.05, 0.1) is 35.4 Å². The summed E-state index contributed by atoms with van der Waals surface area (Å²) in [5.41, 5.74) is 3.64. The van der Waals surface area contributed by atoms with Gasteiger partial charge in [0.2, 0.25) is 5.91 Å². The molecule has 10 heteroatoms. The molecule has 1 aromatic heterocycles. The second kappa shape index (κ2) is 9.70. The summed E-state index contributed by atoms with van der Waals surface area (Å²) in [6.45, 7) is 2.11. The summed E-state index contributed by atoms with van der Waals surface area (Å²) in [6, 6.07) is 8.06. The number of hydrazone groups is 1. The molecule has 0 spiro atoms.